The number of nitrogens with one attached hydrogen (secondary N) is 1. The Labute approximate surface area is 120 Å². The van der Waals surface area contributed by atoms with Crippen LogP contribution in [-0.4, -0.2) is 41.7 Å². The smallest absolute Gasteiger partial charge is 0.353 e. The number of nitrogens with zero attached hydrogens (tertiary/aromatic N) is 1. The lowest BCUT2D eigenvalue weighted by Crippen LogP contribution is -1.95. The number of thioether (sulfide) groups is 1. The van der Waals surface area contributed by atoms with Gasteiger partial charge in [0.05, 0.1) is 24.8 Å². The number of H-pyrrole nitrogens is 1. The van der Waals surface area contributed by atoms with Crippen molar-refractivity contribution in [3.63, 3.8) is 0 Å². The Balaban J connectivity index is 2.53. The molecule has 0 fully saturated rings. The molecule has 0 aliphatic carbocycles. The van der Waals surface area contributed by atoms with Gasteiger partial charge in [0.1, 0.15) is 5.69 Å². The number of aromatic carboxylic acids is 1. The number of carbonyl (C=O) groups is 1. The van der Waals surface area contributed by atoms with Gasteiger partial charge in [-0.25, -0.2) is 4.79 Å². The number of hydrogen-bond donors (Lipinski definition) is 2. The second-order valence-electron chi connectivity index (χ2n) is 3.89. The summed E-state index contributed by atoms with van der Waals surface area (Å²) in [5.74, 6) is 0.182. The maximum absolute atomic E-state index is 10.9. The highest BCUT2D eigenvalue weighted by atomic mass is 32.2. The van der Waals surface area contributed by atoms with Crippen LogP contribution in [0, 0.1) is 0 Å². The molecule has 0 unspecified atom stereocenters. The summed E-state index contributed by atoms with van der Waals surface area (Å²) in [5.41, 5.74) is 1.34. The molecule has 0 aliphatic rings. The summed E-state index contributed by atoms with van der Waals surface area (Å²) in [6.45, 7) is 0. The van der Waals surface area contributed by atoms with Crippen LogP contribution in [-0.2, 0) is 0 Å². The molecule has 7 heteroatoms. The molecule has 106 valence electrons. The minimum Gasteiger partial charge on any atom is -0.493 e. The van der Waals surface area contributed by atoms with E-state index in [2.05, 4.69) is 10.2 Å². The summed E-state index contributed by atoms with van der Waals surface area (Å²) < 4.78 is 10.6. The van der Waals surface area contributed by atoms with Crippen LogP contribution in [0.15, 0.2) is 23.1 Å². The molecule has 1 heterocycles. The normalized spacial score (nSPS) is 10.3. The number of aromatic amines is 1. The summed E-state index contributed by atoms with van der Waals surface area (Å²) in [5, 5.41) is 15.4. The number of rotatable bonds is 5. The molecular formula is C13H14N2O4S. The quantitative estimate of drug-likeness (QED) is 0.824. The maximum atomic E-state index is 10.9. The van der Waals surface area contributed by atoms with Gasteiger partial charge in [-0.15, -0.1) is 11.8 Å². The first-order valence-electron chi connectivity index (χ1n) is 5.69. The fourth-order valence-electron chi connectivity index (χ4n) is 1.81. The predicted octanol–water partition coefficient (Wildman–Crippen LogP) is 2.51. The van der Waals surface area contributed by atoms with E-state index in [1.54, 1.807) is 20.3 Å². The lowest BCUT2D eigenvalue weighted by Gasteiger charge is -2.12. The van der Waals surface area contributed by atoms with Crippen LogP contribution in [0.3, 0.4) is 0 Å². The van der Waals surface area contributed by atoms with Gasteiger partial charge in [-0.2, -0.15) is 5.10 Å². The Morgan fingerprint density at radius 1 is 1.30 bits per heavy atom. The Bertz CT molecular complexity index is 614. The third-order valence-corrected chi connectivity index (χ3v) is 3.51. The van der Waals surface area contributed by atoms with E-state index in [0.29, 0.717) is 17.2 Å². The zero-order valence-electron chi connectivity index (χ0n) is 11.3. The second-order valence-corrected chi connectivity index (χ2v) is 4.73. The molecule has 0 atom stereocenters. The van der Waals surface area contributed by atoms with Gasteiger partial charge in [-0.3, -0.25) is 5.10 Å². The summed E-state index contributed by atoms with van der Waals surface area (Å²) in [7, 11) is 3.13. The number of carboxylic acid groups (broad SMARTS) is 1. The van der Waals surface area contributed by atoms with Gasteiger partial charge in [0, 0.05) is 5.56 Å². The minimum absolute atomic E-state index is 0.0421. The van der Waals surface area contributed by atoms with E-state index < -0.39 is 5.97 Å². The molecule has 0 saturated carbocycles. The van der Waals surface area contributed by atoms with Crippen LogP contribution in [0.5, 0.6) is 11.5 Å². The van der Waals surface area contributed by atoms with Crippen LogP contribution in [0.1, 0.15) is 10.5 Å². The molecule has 0 aliphatic heterocycles. The highest BCUT2D eigenvalue weighted by Crippen LogP contribution is 2.40. The van der Waals surface area contributed by atoms with Crippen molar-refractivity contribution in [1.29, 1.82) is 0 Å². The lowest BCUT2D eigenvalue weighted by molar-refractivity contribution is 0.0690. The van der Waals surface area contributed by atoms with Gasteiger partial charge < -0.3 is 14.6 Å². The lowest BCUT2D eigenvalue weighted by atomic mass is 10.1. The van der Waals surface area contributed by atoms with E-state index in [4.69, 9.17) is 14.6 Å². The van der Waals surface area contributed by atoms with Crippen molar-refractivity contribution in [1.82, 2.24) is 10.2 Å². The zero-order valence-corrected chi connectivity index (χ0v) is 12.1. The number of carboxylic acids is 1. The number of aromatic nitrogens is 2. The second kappa shape index (κ2) is 5.87. The highest BCUT2D eigenvalue weighted by molar-refractivity contribution is 7.98. The average Bonchev–Trinajstić information content (AvgIpc) is 2.95. The van der Waals surface area contributed by atoms with Crippen molar-refractivity contribution in [2.45, 2.75) is 4.90 Å². The van der Waals surface area contributed by atoms with Crippen molar-refractivity contribution in [2.75, 3.05) is 20.5 Å². The Morgan fingerprint density at radius 2 is 2.05 bits per heavy atom. The molecule has 2 aromatic rings. The summed E-state index contributed by atoms with van der Waals surface area (Å²) in [6.07, 6.45) is 1.92. The molecule has 6 nitrogen and oxygen atoms in total. The number of benzene rings is 1. The van der Waals surface area contributed by atoms with Gasteiger partial charge >= 0.3 is 5.97 Å². The number of methoxy groups -OCH3 is 2. The van der Waals surface area contributed by atoms with Crippen molar-refractivity contribution >= 4 is 17.7 Å². The summed E-state index contributed by atoms with van der Waals surface area (Å²) in [6, 6.07) is 5.13. The van der Waals surface area contributed by atoms with Gasteiger partial charge in [0.25, 0.3) is 0 Å². The van der Waals surface area contributed by atoms with Crippen LogP contribution in [0.4, 0.5) is 0 Å². The largest absolute Gasteiger partial charge is 0.493 e. The first kappa shape index (κ1) is 14.3. The molecule has 2 N–H and O–H groups in total. The van der Waals surface area contributed by atoms with Gasteiger partial charge in [-0.05, 0) is 24.5 Å². The van der Waals surface area contributed by atoms with E-state index in [0.717, 1.165) is 10.5 Å². The van der Waals surface area contributed by atoms with Crippen LogP contribution in [0.25, 0.3) is 11.3 Å². The van der Waals surface area contributed by atoms with Crippen molar-refractivity contribution in [3.05, 3.63) is 23.9 Å². The maximum Gasteiger partial charge on any atom is 0.353 e. The molecule has 2 rings (SSSR count). The minimum atomic E-state index is -1.05. The highest BCUT2D eigenvalue weighted by Gasteiger charge is 2.15. The van der Waals surface area contributed by atoms with E-state index in [9.17, 15) is 4.79 Å². The van der Waals surface area contributed by atoms with Gasteiger partial charge in [-0.1, -0.05) is 0 Å². The molecule has 0 bridgehead atoms. The fourth-order valence-corrected chi connectivity index (χ4v) is 2.42. The zero-order chi connectivity index (χ0) is 14.7. The standard InChI is InChI=1S/C13H14N2O4S/c1-18-10-4-7(5-11(20-3)12(10)19-2)8-6-9(13(16)17)15-14-8/h4-6H,1-3H3,(H,14,15)(H,16,17). The molecule has 0 radical (unpaired) electrons. The van der Waals surface area contributed by atoms with E-state index in [1.165, 1.54) is 17.8 Å². The molecule has 0 amide bonds. The third kappa shape index (κ3) is 2.57. The first-order valence-corrected chi connectivity index (χ1v) is 6.92. The summed E-state index contributed by atoms with van der Waals surface area (Å²) >= 11 is 1.51. The van der Waals surface area contributed by atoms with E-state index in [-0.39, 0.29) is 5.69 Å². The molecule has 20 heavy (non-hydrogen) atoms. The summed E-state index contributed by atoms with van der Waals surface area (Å²) in [4.78, 5) is 11.8. The van der Waals surface area contributed by atoms with Crippen LogP contribution < -0.4 is 9.47 Å². The van der Waals surface area contributed by atoms with E-state index >= 15 is 0 Å². The Hall–Kier alpha value is -2.15. The van der Waals surface area contributed by atoms with Crippen molar-refractivity contribution in [3.8, 4) is 22.8 Å². The SMILES string of the molecule is COc1cc(-c2cc(C(=O)O)[nH]n2)cc(SC)c1OC. The van der Waals surface area contributed by atoms with Crippen molar-refractivity contribution in [2.24, 2.45) is 0 Å². The number of ether oxygens (including phenoxy) is 2. The van der Waals surface area contributed by atoms with Crippen LogP contribution >= 0.6 is 11.8 Å². The molecular weight excluding hydrogens is 280 g/mol. The molecule has 0 saturated heterocycles. The molecule has 0 spiro atoms. The average molecular weight is 294 g/mol. The monoisotopic (exact) mass is 294 g/mol. The third-order valence-electron chi connectivity index (χ3n) is 2.77. The first-order chi connectivity index (χ1) is 9.60. The number of hydrogen-bond acceptors (Lipinski definition) is 5. The van der Waals surface area contributed by atoms with E-state index in [1.807, 2.05) is 12.3 Å². The van der Waals surface area contributed by atoms with Crippen LogP contribution in [0.2, 0.25) is 0 Å². The van der Waals surface area contributed by atoms with Gasteiger partial charge in [0.2, 0.25) is 0 Å². The van der Waals surface area contributed by atoms with Crippen molar-refractivity contribution < 1.29 is 19.4 Å². The molecule has 1 aromatic carbocycles. The fraction of sp³-hybridized carbons (Fsp3) is 0.231. The Kier molecular flexibility index (Phi) is 4.19. The van der Waals surface area contributed by atoms with Gasteiger partial charge in [0.15, 0.2) is 11.5 Å². The molecule has 1 aromatic heterocycles. The topological polar surface area (TPSA) is 84.4 Å². The predicted molar refractivity (Wildman–Crippen MR) is 75.9 cm³/mol. The Morgan fingerprint density at radius 3 is 2.55 bits per heavy atom.